The van der Waals surface area contributed by atoms with Crippen LogP contribution in [0.1, 0.15) is 37.9 Å². The molecule has 4 rings (SSSR count). The average molecular weight is 415 g/mol. The maximum atomic E-state index is 14.3. The van der Waals surface area contributed by atoms with Gasteiger partial charge in [-0.3, -0.25) is 4.79 Å². The lowest BCUT2D eigenvalue weighted by Crippen LogP contribution is -2.60. The molecule has 1 aliphatic heterocycles. The number of fused-ring (bicyclic) bond motifs is 1. The quantitative estimate of drug-likeness (QED) is 0.746. The van der Waals surface area contributed by atoms with Crippen LogP contribution in [0.4, 0.5) is 8.78 Å². The van der Waals surface area contributed by atoms with Crippen molar-refractivity contribution in [1.29, 1.82) is 0 Å². The molecule has 1 aromatic carbocycles. The van der Waals surface area contributed by atoms with Gasteiger partial charge in [0.2, 0.25) is 5.91 Å². The average Bonchev–Trinajstić information content (AvgIpc) is 2.69. The van der Waals surface area contributed by atoms with Crippen LogP contribution in [0.15, 0.2) is 24.3 Å². The van der Waals surface area contributed by atoms with Crippen molar-refractivity contribution in [3.05, 3.63) is 47.2 Å². The highest BCUT2D eigenvalue weighted by atomic mass is 19.1. The van der Waals surface area contributed by atoms with Gasteiger partial charge in [0.15, 0.2) is 0 Å². The third-order valence-electron chi connectivity index (χ3n) is 6.55. The first kappa shape index (κ1) is 20.8. The third-order valence-corrected chi connectivity index (χ3v) is 6.55. The van der Waals surface area contributed by atoms with E-state index in [1.54, 1.807) is 13.2 Å². The Labute approximate surface area is 175 Å². The van der Waals surface area contributed by atoms with Crippen LogP contribution < -0.4 is 0 Å². The standard InChI is InChI=1S/C23H27F2N3O2/c1-14(2)23(22(29)28-11-15(12-28)13-30-3)9-5-6-16-10-19(26-27-21(16)23)20-17(24)7-4-8-18(20)25/h4,7-8,10,14-15H,5-6,9,11-13H2,1-3H3/t23-/m0/s1. The van der Waals surface area contributed by atoms with Crippen molar-refractivity contribution < 1.29 is 18.3 Å². The second kappa shape index (κ2) is 8.02. The van der Waals surface area contributed by atoms with Crippen LogP contribution >= 0.6 is 0 Å². The van der Waals surface area contributed by atoms with Gasteiger partial charge in [-0.25, -0.2) is 8.78 Å². The molecule has 1 atom stereocenters. The highest BCUT2D eigenvalue weighted by molar-refractivity contribution is 5.89. The summed E-state index contributed by atoms with van der Waals surface area (Å²) in [5.41, 5.74) is 0.741. The molecule has 1 saturated heterocycles. The van der Waals surface area contributed by atoms with Crippen molar-refractivity contribution in [2.75, 3.05) is 26.8 Å². The third kappa shape index (κ3) is 3.29. The maximum absolute atomic E-state index is 14.3. The van der Waals surface area contributed by atoms with Gasteiger partial charge in [0.25, 0.3) is 0 Å². The van der Waals surface area contributed by atoms with Gasteiger partial charge in [-0.15, -0.1) is 5.10 Å². The van der Waals surface area contributed by atoms with Crippen molar-refractivity contribution in [2.45, 2.75) is 38.5 Å². The summed E-state index contributed by atoms with van der Waals surface area (Å²) in [6.07, 6.45) is 2.23. The summed E-state index contributed by atoms with van der Waals surface area (Å²) in [6, 6.07) is 5.45. The number of ether oxygens (including phenoxy) is 1. The van der Waals surface area contributed by atoms with Crippen LogP contribution in [0.25, 0.3) is 11.3 Å². The number of benzene rings is 1. The van der Waals surface area contributed by atoms with Crippen LogP contribution in [-0.4, -0.2) is 47.8 Å². The number of likely N-dealkylation sites (tertiary alicyclic amines) is 1. The number of aryl methyl sites for hydroxylation is 1. The Hall–Kier alpha value is -2.41. The minimum Gasteiger partial charge on any atom is -0.384 e. The summed E-state index contributed by atoms with van der Waals surface area (Å²) in [5, 5.41) is 8.59. The Balaban J connectivity index is 1.72. The first-order valence-electron chi connectivity index (χ1n) is 10.5. The Morgan fingerprint density at radius 1 is 1.27 bits per heavy atom. The van der Waals surface area contributed by atoms with E-state index in [0.717, 1.165) is 12.0 Å². The predicted molar refractivity (Wildman–Crippen MR) is 109 cm³/mol. The number of carbonyl (C=O) groups excluding carboxylic acids is 1. The largest absolute Gasteiger partial charge is 0.384 e. The van der Waals surface area contributed by atoms with Crippen LogP contribution in [0.3, 0.4) is 0 Å². The molecule has 30 heavy (non-hydrogen) atoms. The summed E-state index contributed by atoms with van der Waals surface area (Å²) >= 11 is 0. The van der Waals surface area contributed by atoms with E-state index >= 15 is 0 Å². The molecule has 0 unspecified atom stereocenters. The van der Waals surface area contributed by atoms with Gasteiger partial charge in [0.1, 0.15) is 11.6 Å². The van der Waals surface area contributed by atoms with Gasteiger partial charge < -0.3 is 9.64 Å². The first-order valence-corrected chi connectivity index (χ1v) is 10.5. The molecule has 0 N–H and O–H groups in total. The molecule has 160 valence electrons. The van der Waals surface area contributed by atoms with E-state index < -0.39 is 17.0 Å². The number of rotatable bonds is 5. The molecule has 0 saturated carbocycles. The first-order chi connectivity index (χ1) is 14.4. The number of hydrogen-bond acceptors (Lipinski definition) is 4. The van der Waals surface area contributed by atoms with Crippen molar-refractivity contribution in [3.63, 3.8) is 0 Å². The molecule has 2 aliphatic rings. The number of carbonyl (C=O) groups is 1. The van der Waals surface area contributed by atoms with Crippen LogP contribution in [0.5, 0.6) is 0 Å². The number of amides is 1. The molecular weight excluding hydrogens is 388 g/mol. The molecule has 7 heteroatoms. The Kier molecular flexibility index (Phi) is 5.57. The molecule has 2 heterocycles. The molecule has 0 bridgehead atoms. The topological polar surface area (TPSA) is 55.3 Å². The number of halogens is 2. The van der Waals surface area contributed by atoms with Crippen LogP contribution in [0.2, 0.25) is 0 Å². The molecule has 1 aliphatic carbocycles. The molecule has 5 nitrogen and oxygen atoms in total. The summed E-state index contributed by atoms with van der Waals surface area (Å²) in [6.45, 7) is 6.08. The number of aromatic nitrogens is 2. The van der Waals surface area contributed by atoms with Crippen molar-refractivity contribution >= 4 is 5.91 Å². The lowest BCUT2D eigenvalue weighted by molar-refractivity contribution is -0.148. The van der Waals surface area contributed by atoms with E-state index in [4.69, 9.17) is 4.74 Å². The predicted octanol–water partition coefficient (Wildman–Crippen LogP) is 3.76. The van der Waals surface area contributed by atoms with E-state index in [0.29, 0.717) is 44.1 Å². The van der Waals surface area contributed by atoms with E-state index in [-0.39, 0.29) is 23.1 Å². The number of nitrogens with zero attached hydrogens (tertiary/aromatic N) is 3. The summed E-state index contributed by atoms with van der Waals surface area (Å²) in [4.78, 5) is 15.5. The highest BCUT2D eigenvalue weighted by Gasteiger charge is 2.51. The summed E-state index contributed by atoms with van der Waals surface area (Å²) in [7, 11) is 1.67. The zero-order chi connectivity index (χ0) is 21.5. The smallest absolute Gasteiger partial charge is 0.235 e. The minimum atomic E-state index is -0.759. The van der Waals surface area contributed by atoms with Gasteiger partial charge in [0, 0.05) is 26.1 Å². The molecule has 1 amide bonds. The number of hydrogen-bond donors (Lipinski definition) is 0. The SMILES string of the molecule is COCC1CN(C(=O)[C@]2(C(C)C)CCCc3cc(-c4c(F)cccc4F)nnc32)C1. The van der Waals surface area contributed by atoms with Crippen molar-refractivity contribution in [3.8, 4) is 11.3 Å². The second-order valence-electron chi connectivity index (χ2n) is 8.71. The molecule has 1 aromatic heterocycles. The minimum absolute atomic E-state index is 0.0240. The summed E-state index contributed by atoms with van der Waals surface area (Å²) < 4.78 is 33.7. The molecular formula is C23H27F2N3O2. The van der Waals surface area contributed by atoms with Gasteiger partial charge in [-0.1, -0.05) is 19.9 Å². The number of methoxy groups -OCH3 is 1. The van der Waals surface area contributed by atoms with Crippen LogP contribution in [0, 0.1) is 23.5 Å². The van der Waals surface area contributed by atoms with Crippen molar-refractivity contribution in [2.24, 2.45) is 11.8 Å². The Morgan fingerprint density at radius 2 is 1.97 bits per heavy atom. The van der Waals surface area contributed by atoms with E-state index in [2.05, 4.69) is 10.2 Å². The highest BCUT2D eigenvalue weighted by Crippen LogP contribution is 2.45. The zero-order valence-electron chi connectivity index (χ0n) is 17.6. The van der Waals surface area contributed by atoms with Crippen LogP contribution in [-0.2, 0) is 21.4 Å². The molecule has 1 fully saturated rings. The molecule has 0 radical (unpaired) electrons. The Bertz CT molecular complexity index is 939. The lowest BCUT2D eigenvalue weighted by atomic mass is 9.64. The van der Waals surface area contributed by atoms with E-state index in [1.807, 2.05) is 18.7 Å². The van der Waals surface area contributed by atoms with E-state index in [1.165, 1.54) is 18.2 Å². The van der Waals surface area contributed by atoms with E-state index in [9.17, 15) is 13.6 Å². The van der Waals surface area contributed by atoms with Gasteiger partial charge in [-0.05, 0) is 48.9 Å². The fourth-order valence-corrected chi connectivity index (χ4v) is 4.91. The monoisotopic (exact) mass is 415 g/mol. The fourth-order valence-electron chi connectivity index (χ4n) is 4.91. The normalized spacial score (nSPS) is 21.5. The van der Waals surface area contributed by atoms with Gasteiger partial charge in [-0.2, -0.15) is 5.10 Å². The lowest BCUT2D eigenvalue weighted by Gasteiger charge is -2.47. The Morgan fingerprint density at radius 3 is 2.60 bits per heavy atom. The van der Waals surface area contributed by atoms with Crippen molar-refractivity contribution in [1.82, 2.24) is 15.1 Å². The summed E-state index contributed by atoms with van der Waals surface area (Å²) in [5.74, 6) is -0.878. The fraction of sp³-hybridized carbons (Fsp3) is 0.522. The van der Waals surface area contributed by atoms with Gasteiger partial charge >= 0.3 is 0 Å². The van der Waals surface area contributed by atoms with Gasteiger partial charge in [0.05, 0.1) is 29.0 Å². The molecule has 0 spiro atoms. The molecule has 2 aromatic rings. The maximum Gasteiger partial charge on any atom is 0.235 e. The zero-order valence-corrected chi connectivity index (χ0v) is 17.6. The second-order valence-corrected chi connectivity index (χ2v) is 8.71.